The van der Waals surface area contributed by atoms with Gasteiger partial charge in [-0.25, -0.2) is 0 Å². The van der Waals surface area contributed by atoms with E-state index >= 15 is 0 Å². The first-order valence-electron chi connectivity index (χ1n) is 9.91. The normalized spacial score (nSPS) is 14.6. The predicted octanol–water partition coefficient (Wildman–Crippen LogP) is 6.38. The van der Waals surface area contributed by atoms with Gasteiger partial charge in [-0.05, 0) is 54.1 Å². The van der Waals surface area contributed by atoms with Crippen LogP contribution in [0.2, 0.25) is 10.0 Å². The number of nitrogens with zero attached hydrogens (tertiary/aromatic N) is 3. The van der Waals surface area contributed by atoms with E-state index in [2.05, 4.69) is 15.9 Å². The predicted molar refractivity (Wildman–Crippen MR) is 128 cm³/mol. The Morgan fingerprint density at radius 2 is 1.65 bits per heavy atom. The summed E-state index contributed by atoms with van der Waals surface area (Å²) in [6.45, 7) is 4.26. The summed E-state index contributed by atoms with van der Waals surface area (Å²) in [6, 6.07) is 20.7. The van der Waals surface area contributed by atoms with Crippen LogP contribution in [0.4, 0.5) is 11.4 Å². The van der Waals surface area contributed by atoms with Crippen molar-refractivity contribution < 1.29 is 4.92 Å². The van der Waals surface area contributed by atoms with Crippen molar-refractivity contribution in [3.05, 3.63) is 92.5 Å². The minimum Gasteiger partial charge on any atom is -0.369 e. The van der Waals surface area contributed by atoms with Crippen LogP contribution < -0.4 is 4.90 Å². The minimum atomic E-state index is -0.307. The number of hydrogen-bond donors (Lipinski definition) is 0. The molecule has 0 atom stereocenters. The van der Waals surface area contributed by atoms with E-state index in [9.17, 15) is 10.1 Å². The molecule has 0 bridgehead atoms. The van der Waals surface area contributed by atoms with E-state index in [0.717, 1.165) is 47.3 Å². The lowest BCUT2D eigenvalue weighted by Crippen LogP contribution is -2.45. The van der Waals surface area contributed by atoms with Crippen molar-refractivity contribution in [1.29, 1.82) is 0 Å². The van der Waals surface area contributed by atoms with Crippen molar-refractivity contribution in [2.45, 2.75) is 16.3 Å². The molecule has 0 unspecified atom stereocenters. The van der Waals surface area contributed by atoms with E-state index in [1.54, 1.807) is 18.2 Å². The highest BCUT2D eigenvalue weighted by atomic mass is 35.5. The number of nitro groups is 1. The molecule has 4 rings (SSSR count). The molecule has 0 aromatic heterocycles. The molecule has 31 heavy (non-hydrogen) atoms. The van der Waals surface area contributed by atoms with Gasteiger partial charge < -0.3 is 4.90 Å². The molecule has 1 heterocycles. The number of anilines is 1. The largest absolute Gasteiger partial charge is 0.369 e. The molecule has 0 aliphatic carbocycles. The van der Waals surface area contributed by atoms with Gasteiger partial charge in [0.1, 0.15) is 0 Å². The maximum Gasteiger partial charge on any atom is 0.283 e. The molecule has 5 nitrogen and oxygen atoms in total. The van der Waals surface area contributed by atoms with E-state index < -0.39 is 0 Å². The minimum absolute atomic E-state index is 0.134. The molecule has 1 aliphatic heterocycles. The Hall–Kier alpha value is -2.25. The SMILES string of the molecule is O=[N+]([O-])c1cc(CN2CCN(c3cccc(Cl)c3)CC2)ccc1Sc1ccc(Cl)cc1. The van der Waals surface area contributed by atoms with Gasteiger partial charge in [-0.3, -0.25) is 15.0 Å². The van der Waals surface area contributed by atoms with Crippen LogP contribution in [0.5, 0.6) is 0 Å². The summed E-state index contributed by atoms with van der Waals surface area (Å²) in [5.74, 6) is 0. The number of nitro benzene ring substituents is 1. The Morgan fingerprint density at radius 1 is 0.903 bits per heavy atom. The van der Waals surface area contributed by atoms with E-state index in [1.165, 1.54) is 11.8 Å². The first kappa shape index (κ1) is 22.0. The van der Waals surface area contributed by atoms with Crippen LogP contribution in [0.15, 0.2) is 76.5 Å². The zero-order valence-electron chi connectivity index (χ0n) is 16.7. The van der Waals surface area contributed by atoms with Gasteiger partial charge in [0.25, 0.3) is 5.69 Å². The lowest BCUT2D eigenvalue weighted by atomic mass is 10.1. The molecule has 3 aromatic rings. The van der Waals surface area contributed by atoms with Crippen molar-refractivity contribution in [2.75, 3.05) is 31.1 Å². The van der Waals surface area contributed by atoms with E-state index in [0.29, 0.717) is 16.5 Å². The fourth-order valence-corrected chi connectivity index (χ4v) is 4.83. The van der Waals surface area contributed by atoms with Crippen LogP contribution in [-0.2, 0) is 6.54 Å². The van der Waals surface area contributed by atoms with Crippen molar-refractivity contribution >= 4 is 46.3 Å². The average molecular weight is 474 g/mol. The van der Waals surface area contributed by atoms with Gasteiger partial charge in [0.05, 0.1) is 9.82 Å². The first-order valence-corrected chi connectivity index (χ1v) is 11.5. The number of halogens is 2. The second-order valence-corrected chi connectivity index (χ2v) is 9.35. The molecule has 1 saturated heterocycles. The second-order valence-electron chi connectivity index (χ2n) is 7.36. The highest BCUT2D eigenvalue weighted by molar-refractivity contribution is 7.99. The molecular weight excluding hydrogens is 453 g/mol. The number of piperazine rings is 1. The lowest BCUT2D eigenvalue weighted by molar-refractivity contribution is -0.387. The van der Waals surface area contributed by atoms with Crippen LogP contribution in [-0.4, -0.2) is 36.0 Å². The maximum atomic E-state index is 11.7. The monoisotopic (exact) mass is 473 g/mol. The zero-order chi connectivity index (χ0) is 21.8. The van der Waals surface area contributed by atoms with Crippen molar-refractivity contribution in [2.24, 2.45) is 0 Å². The van der Waals surface area contributed by atoms with Gasteiger partial charge in [0.15, 0.2) is 0 Å². The third kappa shape index (κ3) is 5.71. The summed E-state index contributed by atoms with van der Waals surface area (Å²) in [4.78, 5) is 17.6. The lowest BCUT2D eigenvalue weighted by Gasteiger charge is -2.36. The standard InChI is InChI=1S/C23H21Cl2N3O2S/c24-18-5-7-21(8-6-18)31-23-9-4-17(14-22(23)28(29)30)16-26-10-12-27(13-11-26)20-3-1-2-19(25)15-20/h1-9,14-15H,10-13,16H2. The second kappa shape index (κ2) is 9.92. The molecule has 160 valence electrons. The van der Waals surface area contributed by atoms with Gasteiger partial charge in [0, 0.05) is 59.4 Å². The molecule has 0 amide bonds. The fourth-order valence-electron chi connectivity index (χ4n) is 3.62. The molecule has 3 aromatic carbocycles. The number of hydrogen-bond acceptors (Lipinski definition) is 5. The number of rotatable bonds is 6. The summed E-state index contributed by atoms with van der Waals surface area (Å²) in [7, 11) is 0. The van der Waals surface area contributed by atoms with Crippen LogP contribution >= 0.6 is 35.0 Å². The Labute approximate surface area is 195 Å². The smallest absolute Gasteiger partial charge is 0.283 e. The molecule has 0 N–H and O–H groups in total. The Bertz CT molecular complexity index is 1070. The summed E-state index contributed by atoms with van der Waals surface area (Å²) in [5, 5.41) is 13.1. The van der Waals surface area contributed by atoms with Crippen molar-refractivity contribution in [3.8, 4) is 0 Å². The Balaban J connectivity index is 1.41. The third-order valence-corrected chi connectivity index (χ3v) is 6.77. The Morgan fingerprint density at radius 3 is 2.32 bits per heavy atom. The van der Waals surface area contributed by atoms with Gasteiger partial charge in [-0.15, -0.1) is 0 Å². The highest BCUT2D eigenvalue weighted by Crippen LogP contribution is 2.36. The van der Waals surface area contributed by atoms with Crippen molar-refractivity contribution in [1.82, 2.24) is 4.90 Å². The molecule has 0 spiro atoms. The maximum absolute atomic E-state index is 11.7. The van der Waals surface area contributed by atoms with Crippen LogP contribution in [0.25, 0.3) is 0 Å². The summed E-state index contributed by atoms with van der Waals surface area (Å²) < 4.78 is 0. The summed E-state index contributed by atoms with van der Waals surface area (Å²) in [5.41, 5.74) is 2.21. The van der Waals surface area contributed by atoms with E-state index in [1.807, 2.05) is 42.5 Å². The van der Waals surface area contributed by atoms with Crippen LogP contribution in [0, 0.1) is 10.1 Å². The quantitative estimate of drug-likeness (QED) is 0.307. The van der Waals surface area contributed by atoms with E-state index in [-0.39, 0.29) is 10.6 Å². The molecule has 1 aliphatic rings. The molecular formula is C23H21Cl2N3O2S. The van der Waals surface area contributed by atoms with Crippen LogP contribution in [0.3, 0.4) is 0 Å². The molecule has 0 saturated carbocycles. The first-order chi connectivity index (χ1) is 15.0. The summed E-state index contributed by atoms with van der Waals surface area (Å²) in [6.07, 6.45) is 0. The fraction of sp³-hybridized carbons (Fsp3) is 0.217. The zero-order valence-corrected chi connectivity index (χ0v) is 19.0. The van der Waals surface area contributed by atoms with Gasteiger partial charge in [-0.1, -0.05) is 47.1 Å². The van der Waals surface area contributed by atoms with Gasteiger partial charge in [-0.2, -0.15) is 0 Å². The summed E-state index contributed by atoms with van der Waals surface area (Å²) >= 11 is 13.4. The topological polar surface area (TPSA) is 49.6 Å². The molecule has 1 fully saturated rings. The highest BCUT2D eigenvalue weighted by Gasteiger charge is 2.20. The Kier molecular flexibility index (Phi) is 7.02. The van der Waals surface area contributed by atoms with E-state index in [4.69, 9.17) is 23.2 Å². The molecule has 8 heteroatoms. The van der Waals surface area contributed by atoms with Gasteiger partial charge >= 0.3 is 0 Å². The molecule has 0 radical (unpaired) electrons. The average Bonchev–Trinajstić information content (AvgIpc) is 2.77. The van der Waals surface area contributed by atoms with Crippen molar-refractivity contribution in [3.63, 3.8) is 0 Å². The third-order valence-electron chi connectivity index (χ3n) is 5.21. The number of benzene rings is 3. The van der Waals surface area contributed by atoms with Crippen LogP contribution in [0.1, 0.15) is 5.56 Å². The van der Waals surface area contributed by atoms with Gasteiger partial charge in [0.2, 0.25) is 0 Å².